The van der Waals surface area contributed by atoms with Gasteiger partial charge in [-0.25, -0.2) is 5.43 Å². The number of aromatic nitrogens is 1. The van der Waals surface area contributed by atoms with Gasteiger partial charge in [0.1, 0.15) is 5.04 Å². The molecule has 84 valence electrons. The quantitative estimate of drug-likeness (QED) is 0.847. The van der Waals surface area contributed by atoms with Crippen molar-refractivity contribution in [2.45, 2.75) is 19.1 Å². The fourth-order valence-corrected chi connectivity index (χ4v) is 2.48. The molecule has 1 aliphatic heterocycles. The summed E-state index contributed by atoms with van der Waals surface area (Å²) in [4.78, 5) is 15.5. The lowest BCUT2D eigenvalue weighted by Gasteiger charge is -2.23. The van der Waals surface area contributed by atoms with Crippen molar-refractivity contribution in [2.75, 3.05) is 0 Å². The monoisotopic (exact) mass is 235 g/mol. The van der Waals surface area contributed by atoms with Crippen LogP contribution in [-0.2, 0) is 4.79 Å². The van der Waals surface area contributed by atoms with E-state index in [2.05, 4.69) is 15.5 Å². The number of hydrogen-bond acceptors (Lipinski definition) is 4. The van der Waals surface area contributed by atoms with Gasteiger partial charge >= 0.3 is 0 Å². The van der Waals surface area contributed by atoms with Gasteiger partial charge in [0.2, 0.25) is 0 Å². The molecule has 1 aromatic heterocycles. The number of nitrogens with one attached hydrogen (secondary N) is 1. The number of rotatable bonds is 2. The van der Waals surface area contributed by atoms with Gasteiger partial charge in [-0.05, 0) is 18.1 Å². The molecule has 0 radical (unpaired) electrons. The molecule has 2 heterocycles. The van der Waals surface area contributed by atoms with Crippen LogP contribution in [0.5, 0.6) is 0 Å². The van der Waals surface area contributed by atoms with E-state index in [-0.39, 0.29) is 17.1 Å². The Labute approximate surface area is 98.5 Å². The van der Waals surface area contributed by atoms with Crippen molar-refractivity contribution < 1.29 is 4.79 Å². The van der Waals surface area contributed by atoms with Crippen molar-refractivity contribution in [3.05, 3.63) is 30.1 Å². The highest BCUT2D eigenvalue weighted by Crippen LogP contribution is 2.26. The highest BCUT2D eigenvalue weighted by atomic mass is 32.2. The Bertz CT molecular complexity index is 416. The molecule has 0 fully saturated rings. The standard InChI is InChI=1S/C11H13N3OS/c1-7(2)9-10(15)13-14-11(16-9)8-3-5-12-6-4-8/h3-7,9H,1-2H3,(H,13,15). The molecule has 1 N–H and O–H groups in total. The molecule has 0 saturated heterocycles. The topological polar surface area (TPSA) is 54.4 Å². The summed E-state index contributed by atoms with van der Waals surface area (Å²) >= 11 is 1.51. The third-order valence-corrected chi connectivity index (χ3v) is 3.86. The first kappa shape index (κ1) is 11.1. The van der Waals surface area contributed by atoms with E-state index in [0.29, 0.717) is 0 Å². The van der Waals surface area contributed by atoms with Crippen molar-refractivity contribution in [1.82, 2.24) is 10.4 Å². The first-order valence-electron chi connectivity index (χ1n) is 5.13. The molecule has 1 atom stereocenters. The minimum absolute atomic E-state index is 0.0159. The van der Waals surface area contributed by atoms with Gasteiger partial charge < -0.3 is 0 Å². The third-order valence-electron chi connectivity index (χ3n) is 2.30. The Hall–Kier alpha value is -1.36. The number of hydrazone groups is 1. The average molecular weight is 235 g/mol. The second kappa shape index (κ2) is 4.65. The molecule has 5 heteroatoms. The van der Waals surface area contributed by atoms with E-state index < -0.39 is 0 Å². The Kier molecular flexibility index (Phi) is 3.24. The average Bonchev–Trinajstić information content (AvgIpc) is 2.30. The summed E-state index contributed by atoms with van der Waals surface area (Å²) in [6.45, 7) is 4.07. The largest absolute Gasteiger partial charge is 0.272 e. The van der Waals surface area contributed by atoms with Gasteiger partial charge in [0.15, 0.2) is 0 Å². The molecule has 0 aliphatic carbocycles. The summed E-state index contributed by atoms with van der Waals surface area (Å²) in [5.41, 5.74) is 3.56. The second-order valence-electron chi connectivity index (χ2n) is 3.91. The molecule has 2 rings (SSSR count). The van der Waals surface area contributed by atoms with Gasteiger partial charge in [0, 0.05) is 18.0 Å². The van der Waals surface area contributed by atoms with E-state index in [1.807, 2.05) is 26.0 Å². The van der Waals surface area contributed by atoms with Gasteiger partial charge in [-0.15, -0.1) is 0 Å². The molecular weight excluding hydrogens is 222 g/mol. The molecule has 4 nitrogen and oxygen atoms in total. The van der Waals surface area contributed by atoms with Gasteiger partial charge in [-0.1, -0.05) is 25.6 Å². The third kappa shape index (κ3) is 2.24. The summed E-state index contributed by atoms with van der Waals surface area (Å²) in [6.07, 6.45) is 3.44. The van der Waals surface area contributed by atoms with E-state index >= 15 is 0 Å². The molecule has 1 aromatic rings. The maximum atomic E-state index is 11.6. The van der Waals surface area contributed by atoms with Gasteiger partial charge in [-0.2, -0.15) is 5.10 Å². The lowest BCUT2D eigenvalue weighted by Crippen LogP contribution is -2.38. The Morgan fingerprint density at radius 2 is 2.06 bits per heavy atom. The zero-order valence-electron chi connectivity index (χ0n) is 9.18. The SMILES string of the molecule is CC(C)C1SC(c2ccncc2)=NNC1=O. The van der Waals surface area contributed by atoms with E-state index in [0.717, 1.165) is 10.6 Å². The molecule has 1 unspecified atom stereocenters. The number of amides is 1. The molecule has 0 saturated carbocycles. The van der Waals surface area contributed by atoms with Gasteiger partial charge in [0.25, 0.3) is 5.91 Å². The molecule has 0 spiro atoms. The van der Waals surface area contributed by atoms with Crippen molar-refractivity contribution in [2.24, 2.45) is 11.0 Å². The molecule has 0 bridgehead atoms. The van der Waals surface area contributed by atoms with Crippen molar-refractivity contribution in [3.63, 3.8) is 0 Å². The lowest BCUT2D eigenvalue weighted by atomic mass is 10.1. The van der Waals surface area contributed by atoms with Crippen LogP contribution in [0, 0.1) is 5.92 Å². The summed E-state index contributed by atoms with van der Waals surface area (Å²) in [6, 6.07) is 3.78. The van der Waals surface area contributed by atoms with Crippen molar-refractivity contribution in [1.29, 1.82) is 0 Å². The van der Waals surface area contributed by atoms with Crippen LogP contribution in [0.2, 0.25) is 0 Å². The number of carbonyl (C=O) groups is 1. The summed E-state index contributed by atoms with van der Waals surface area (Å²) in [7, 11) is 0. The van der Waals surface area contributed by atoms with Crippen LogP contribution in [0.25, 0.3) is 0 Å². The predicted octanol–water partition coefficient (Wildman–Crippen LogP) is 1.63. The van der Waals surface area contributed by atoms with Crippen LogP contribution in [0.1, 0.15) is 19.4 Å². The van der Waals surface area contributed by atoms with Crippen LogP contribution in [0.15, 0.2) is 29.6 Å². The summed E-state index contributed by atoms with van der Waals surface area (Å²) in [5.74, 6) is 0.273. The van der Waals surface area contributed by atoms with Crippen LogP contribution in [0.3, 0.4) is 0 Å². The highest BCUT2D eigenvalue weighted by Gasteiger charge is 2.28. The fraction of sp³-hybridized carbons (Fsp3) is 0.364. The summed E-state index contributed by atoms with van der Waals surface area (Å²) in [5, 5.41) is 4.84. The maximum Gasteiger partial charge on any atom is 0.253 e. The molecular formula is C11H13N3OS. The number of hydrogen-bond donors (Lipinski definition) is 1. The van der Waals surface area contributed by atoms with Crippen LogP contribution in [0.4, 0.5) is 0 Å². The van der Waals surface area contributed by atoms with Crippen LogP contribution < -0.4 is 5.43 Å². The Balaban J connectivity index is 2.23. The fourth-order valence-electron chi connectivity index (χ4n) is 1.44. The zero-order chi connectivity index (χ0) is 11.5. The normalized spacial score (nSPS) is 20.6. The van der Waals surface area contributed by atoms with E-state index in [1.165, 1.54) is 11.8 Å². The summed E-state index contributed by atoms with van der Waals surface area (Å²) < 4.78 is 0. The number of pyridine rings is 1. The molecule has 0 aromatic carbocycles. The smallest absolute Gasteiger partial charge is 0.253 e. The maximum absolute atomic E-state index is 11.6. The van der Waals surface area contributed by atoms with Gasteiger partial charge in [-0.3, -0.25) is 9.78 Å². The first-order chi connectivity index (χ1) is 7.68. The lowest BCUT2D eigenvalue weighted by molar-refractivity contribution is -0.121. The predicted molar refractivity (Wildman–Crippen MR) is 65.1 cm³/mol. The Morgan fingerprint density at radius 3 is 2.69 bits per heavy atom. The zero-order valence-corrected chi connectivity index (χ0v) is 9.99. The number of nitrogens with zero attached hydrogens (tertiary/aromatic N) is 2. The van der Waals surface area contributed by atoms with E-state index in [1.54, 1.807) is 12.4 Å². The second-order valence-corrected chi connectivity index (χ2v) is 5.04. The molecule has 16 heavy (non-hydrogen) atoms. The molecule has 1 aliphatic rings. The van der Waals surface area contributed by atoms with Crippen molar-refractivity contribution >= 4 is 22.7 Å². The van der Waals surface area contributed by atoms with Crippen molar-refractivity contribution in [3.8, 4) is 0 Å². The van der Waals surface area contributed by atoms with Crippen LogP contribution >= 0.6 is 11.8 Å². The first-order valence-corrected chi connectivity index (χ1v) is 6.01. The minimum Gasteiger partial charge on any atom is -0.272 e. The minimum atomic E-state index is -0.0688. The van der Waals surface area contributed by atoms with E-state index in [9.17, 15) is 4.79 Å². The number of thioether (sulfide) groups is 1. The Morgan fingerprint density at radius 1 is 1.38 bits per heavy atom. The molecule has 1 amide bonds. The highest BCUT2D eigenvalue weighted by molar-refractivity contribution is 8.15. The van der Waals surface area contributed by atoms with E-state index in [4.69, 9.17) is 0 Å². The van der Waals surface area contributed by atoms with Crippen LogP contribution in [-0.4, -0.2) is 21.2 Å². The van der Waals surface area contributed by atoms with Gasteiger partial charge in [0.05, 0.1) is 5.25 Å². The number of carbonyl (C=O) groups excluding carboxylic acids is 1.